The van der Waals surface area contributed by atoms with Gasteiger partial charge < -0.3 is 9.84 Å². The van der Waals surface area contributed by atoms with Crippen molar-refractivity contribution in [2.75, 3.05) is 0 Å². The van der Waals surface area contributed by atoms with Crippen LogP contribution in [0.1, 0.15) is 10.4 Å². The number of rotatable bonds is 4. The number of hydrogen-bond acceptors (Lipinski definition) is 6. The highest BCUT2D eigenvalue weighted by Gasteiger charge is 2.19. The first-order valence-corrected chi connectivity index (χ1v) is 5.95. The summed E-state index contributed by atoms with van der Waals surface area (Å²) >= 11 is 3.04. The molecule has 1 heterocycles. The Hall–Kier alpha value is -2.55. The molecule has 0 bridgehead atoms. The lowest BCUT2D eigenvalue weighted by molar-refractivity contribution is -0.385. The van der Waals surface area contributed by atoms with E-state index in [4.69, 9.17) is 9.84 Å². The fraction of sp³-hybridized carbons (Fsp3) is 0. The van der Waals surface area contributed by atoms with E-state index < -0.39 is 10.9 Å². The molecule has 1 aromatic carbocycles. The van der Waals surface area contributed by atoms with E-state index in [0.717, 1.165) is 0 Å². The third-order valence-corrected chi connectivity index (χ3v) is 3.06. The predicted octanol–water partition coefficient (Wildman–Crippen LogP) is 2.64. The summed E-state index contributed by atoms with van der Waals surface area (Å²) in [4.78, 5) is 21.2. The summed E-state index contributed by atoms with van der Waals surface area (Å²) in [5.41, 5.74) is -0.401. The van der Waals surface area contributed by atoms with Crippen molar-refractivity contribution in [3.05, 3.63) is 50.6 Å². The van der Waals surface area contributed by atoms with Crippen LogP contribution in [0.15, 0.2) is 34.9 Å². The molecule has 20 heavy (non-hydrogen) atoms. The Morgan fingerprint density at radius 2 is 2.15 bits per heavy atom. The molecule has 102 valence electrons. The van der Waals surface area contributed by atoms with Crippen LogP contribution in [0.5, 0.6) is 11.6 Å². The van der Waals surface area contributed by atoms with Crippen LogP contribution in [0.4, 0.5) is 5.69 Å². The topological polar surface area (TPSA) is 115 Å². The highest BCUT2D eigenvalue weighted by molar-refractivity contribution is 9.10. The summed E-state index contributed by atoms with van der Waals surface area (Å²) in [6, 6.07) is 5.36. The quantitative estimate of drug-likeness (QED) is 0.672. The van der Waals surface area contributed by atoms with Gasteiger partial charge in [-0.05, 0) is 28.1 Å². The van der Waals surface area contributed by atoms with Crippen molar-refractivity contribution in [1.29, 1.82) is 0 Å². The number of benzene rings is 1. The SMILES string of the molecule is O=C(O)c1ccnnc1Oc1cccc([N+](=O)[O-])c1Br. The van der Waals surface area contributed by atoms with Crippen molar-refractivity contribution in [3.8, 4) is 11.6 Å². The normalized spacial score (nSPS) is 10.1. The van der Waals surface area contributed by atoms with Gasteiger partial charge in [0.15, 0.2) is 5.75 Å². The molecule has 0 aliphatic carbocycles. The minimum Gasteiger partial charge on any atom is -0.477 e. The van der Waals surface area contributed by atoms with Crippen molar-refractivity contribution in [2.45, 2.75) is 0 Å². The number of carboxylic acid groups (broad SMARTS) is 1. The summed E-state index contributed by atoms with van der Waals surface area (Å²) in [6.45, 7) is 0. The predicted molar refractivity (Wildman–Crippen MR) is 69.9 cm³/mol. The van der Waals surface area contributed by atoms with Crippen molar-refractivity contribution in [3.63, 3.8) is 0 Å². The summed E-state index contributed by atoms with van der Waals surface area (Å²) < 4.78 is 5.38. The monoisotopic (exact) mass is 339 g/mol. The molecule has 0 saturated carbocycles. The third-order valence-electron chi connectivity index (χ3n) is 2.26. The first-order chi connectivity index (χ1) is 9.50. The maximum atomic E-state index is 11.0. The van der Waals surface area contributed by atoms with E-state index in [1.54, 1.807) is 0 Å². The van der Waals surface area contributed by atoms with E-state index in [-0.39, 0.29) is 27.4 Å². The Bertz CT molecular complexity index is 692. The van der Waals surface area contributed by atoms with E-state index in [2.05, 4.69) is 26.1 Å². The van der Waals surface area contributed by atoms with Crippen LogP contribution in [0.25, 0.3) is 0 Å². The zero-order valence-corrected chi connectivity index (χ0v) is 11.3. The Morgan fingerprint density at radius 1 is 1.40 bits per heavy atom. The van der Waals surface area contributed by atoms with Crippen LogP contribution in [-0.4, -0.2) is 26.2 Å². The standard InChI is InChI=1S/C11H6BrN3O5/c12-9-7(15(18)19)2-1-3-8(9)20-10-6(11(16)17)4-5-13-14-10/h1-5H,(H,16,17). The van der Waals surface area contributed by atoms with Crippen LogP contribution in [0.3, 0.4) is 0 Å². The molecule has 0 atom stereocenters. The first kappa shape index (κ1) is 13.9. The second-order valence-corrected chi connectivity index (χ2v) is 4.30. The number of carboxylic acids is 1. The number of hydrogen-bond donors (Lipinski definition) is 1. The van der Waals surface area contributed by atoms with Gasteiger partial charge >= 0.3 is 5.97 Å². The van der Waals surface area contributed by atoms with Crippen LogP contribution in [0, 0.1) is 10.1 Å². The van der Waals surface area contributed by atoms with Gasteiger partial charge in [-0.1, -0.05) is 6.07 Å². The lowest BCUT2D eigenvalue weighted by Gasteiger charge is -2.08. The number of nitro benzene ring substituents is 1. The van der Waals surface area contributed by atoms with Gasteiger partial charge in [0.1, 0.15) is 10.0 Å². The lowest BCUT2D eigenvalue weighted by atomic mass is 10.3. The Labute approximate surface area is 120 Å². The minimum absolute atomic E-state index is 0.0715. The minimum atomic E-state index is -1.24. The third kappa shape index (κ3) is 2.72. The average molecular weight is 340 g/mol. The summed E-state index contributed by atoms with van der Waals surface area (Å²) in [7, 11) is 0. The number of halogens is 1. The van der Waals surface area contributed by atoms with E-state index >= 15 is 0 Å². The van der Waals surface area contributed by atoms with Crippen molar-refractivity contribution in [2.24, 2.45) is 0 Å². The van der Waals surface area contributed by atoms with Gasteiger partial charge in [-0.3, -0.25) is 10.1 Å². The van der Waals surface area contributed by atoms with Crippen LogP contribution < -0.4 is 4.74 Å². The number of aromatic nitrogens is 2. The maximum Gasteiger partial charge on any atom is 0.341 e. The number of ether oxygens (including phenoxy) is 1. The van der Waals surface area contributed by atoms with Crippen molar-refractivity contribution < 1.29 is 19.6 Å². The molecule has 0 aliphatic rings. The molecule has 1 aromatic heterocycles. The molecule has 0 saturated heterocycles. The second kappa shape index (κ2) is 5.61. The summed E-state index contributed by atoms with van der Waals surface area (Å²) in [5, 5.41) is 26.9. The number of nitrogens with zero attached hydrogens (tertiary/aromatic N) is 3. The van der Waals surface area contributed by atoms with E-state index in [1.807, 2.05) is 0 Å². The first-order valence-electron chi connectivity index (χ1n) is 5.16. The zero-order chi connectivity index (χ0) is 14.7. The molecular formula is C11H6BrN3O5. The second-order valence-electron chi connectivity index (χ2n) is 3.50. The molecule has 0 radical (unpaired) electrons. The van der Waals surface area contributed by atoms with Gasteiger partial charge in [0.25, 0.3) is 11.6 Å². The Balaban J connectivity index is 2.43. The Kier molecular flexibility index (Phi) is 3.89. The average Bonchev–Trinajstić information content (AvgIpc) is 2.41. The van der Waals surface area contributed by atoms with Crippen LogP contribution >= 0.6 is 15.9 Å². The smallest absolute Gasteiger partial charge is 0.341 e. The molecule has 0 spiro atoms. The largest absolute Gasteiger partial charge is 0.477 e. The molecule has 0 amide bonds. The van der Waals surface area contributed by atoms with Crippen LogP contribution in [0.2, 0.25) is 0 Å². The van der Waals surface area contributed by atoms with Gasteiger partial charge in [-0.2, -0.15) is 5.10 Å². The number of aromatic carboxylic acids is 1. The summed E-state index contributed by atoms with van der Waals surface area (Å²) in [6.07, 6.45) is 1.21. The van der Waals surface area contributed by atoms with Gasteiger partial charge in [0.2, 0.25) is 0 Å². The lowest BCUT2D eigenvalue weighted by Crippen LogP contribution is -2.03. The van der Waals surface area contributed by atoms with E-state index in [1.165, 1.54) is 30.5 Å². The number of nitro groups is 1. The van der Waals surface area contributed by atoms with Crippen LogP contribution in [-0.2, 0) is 0 Å². The number of carbonyl (C=O) groups is 1. The summed E-state index contributed by atoms with van der Waals surface area (Å²) in [5.74, 6) is -1.42. The molecule has 9 heteroatoms. The molecule has 0 unspecified atom stereocenters. The fourth-order valence-electron chi connectivity index (χ4n) is 1.38. The van der Waals surface area contributed by atoms with Crippen molar-refractivity contribution >= 4 is 27.6 Å². The fourth-order valence-corrected chi connectivity index (χ4v) is 1.87. The highest BCUT2D eigenvalue weighted by Crippen LogP contribution is 2.36. The maximum absolute atomic E-state index is 11.0. The highest BCUT2D eigenvalue weighted by atomic mass is 79.9. The van der Waals surface area contributed by atoms with E-state index in [0.29, 0.717) is 0 Å². The molecule has 0 aliphatic heterocycles. The Morgan fingerprint density at radius 3 is 2.80 bits per heavy atom. The molecule has 2 rings (SSSR count). The molecule has 2 aromatic rings. The van der Waals surface area contributed by atoms with Gasteiger partial charge in [-0.25, -0.2) is 4.79 Å². The van der Waals surface area contributed by atoms with E-state index in [9.17, 15) is 14.9 Å². The molecule has 1 N–H and O–H groups in total. The van der Waals surface area contributed by atoms with Crippen molar-refractivity contribution in [1.82, 2.24) is 10.2 Å². The zero-order valence-electron chi connectivity index (χ0n) is 9.69. The van der Waals surface area contributed by atoms with Gasteiger partial charge in [0.05, 0.1) is 11.1 Å². The molecular weight excluding hydrogens is 334 g/mol. The molecule has 8 nitrogen and oxygen atoms in total. The molecule has 0 fully saturated rings. The van der Waals surface area contributed by atoms with Gasteiger partial charge in [0, 0.05) is 6.07 Å². The van der Waals surface area contributed by atoms with Gasteiger partial charge in [-0.15, -0.1) is 5.10 Å².